The molecule has 1 atom stereocenters. The maximum Gasteiger partial charge on any atom is 0.326 e. The fourth-order valence-corrected chi connectivity index (χ4v) is 3.64. The van der Waals surface area contributed by atoms with Crippen LogP contribution in [0.1, 0.15) is 43.2 Å². The van der Waals surface area contributed by atoms with E-state index in [-0.39, 0.29) is 18.9 Å². The summed E-state index contributed by atoms with van der Waals surface area (Å²) in [5.41, 5.74) is 1.86. The van der Waals surface area contributed by atoms with Crippen molar-refractivity contribution in [1.29, 1.82) is 0 Å². The summed E-state index contributed by atoms with van der Waals surface area (Å²) in [6.07, 6.45) is 4.78. The molecule has 1 aromatic carbocycles. The van der Waals surface area contributed by atoms with Gasteiger partial charge in [-0.15, -0.1) is 0 Å². The molecule has 5 nitrogen and oxygen atoms in total. The molecule has 0 bridgehead atoms. The van der Waals surface area contributed by atoms with Gasteiger partial charge in [0.2, 0.25) is 5.78 Å². The minimum atomic E-state index is -1.05. The minimum Gasteiger partial charge on any atom is -0.480 e. The molecule has 0 unspecified atom stereocenters. The van der Waals surface area contributed by atoms with Crippen molar-refractivity contribution in [3.63, 3.8) is 0 Å². The predicted octanol–water partition coefficient (Wildman–Crippen LogP) is 2.17. The van der Waals surface area contributed by atoms with Crippen molar-refractivity contribution < 1.29 is 19.5 Å². The second-order valence-corrected chi connectivity index (χ2v) is 6.46. The second kappa shape index (κ2) is 6.52. The highest BCUT2D eigenvalue weighted by Crippen LogP contribution is 2.28. The molecule has 0 radical (unpaired) electrons. The monoisotopic (exact) mass is 315 g/mol. The van der Waals surface area contributed by atoms with Crippen LogP contribution in [0.2, 0.25) is 0 Å². The lowest BCUT2D eigenvalue weighted by atomic mass is 9.85. The highest BCUT2D eigenvalue weighted by molar-refractivity contribution is 6.37. The van der Waals surface area contributed by atoms with Crippen LogP contribution in [-0.4, -0.2) is 33.7 Å². The summed E-state index contributed by atoms with van der Waals surface area (Å²) >= 11 is 0. The SMILES string of the molecule is O=C(C(=O)N1Cc2ccccc2C[C@H]1C(=O)O)C1CCCCC1. The number of aliphatic carboxylic acids is 1. The lowest BCUT2D eigenvalue weighted by molar-refractivity contribution is -0.156. The van der Waals surface area contributed by atoms with Crippen molar-refractivity contribution >= 4 is 17.7 Å². The number of ketones is 1. The topological polar surface area (TPSA) is 74.7 Å². The van der Waals surface area contributed by atoms with Crippen LogP contribution in [0.3, 0.4) is 0 Å². The number of carbonyl (C=O) groups excluding carboxylic acids is 2. The summed E-state index contributed by atoms with van der Waals surface area (Å²) in [7, 11) is 0. The van der Waals surface area contributed by atoms with E-state index in [4.69, 9.17) is 0 Å². The Morgan fingerprint density at radius 1 is 1.00 bits per heavy atom. The molecule has 1 heterocycles. The van der Waals surface area contributed by atoms with Crippen molar-refractivity contribution in [2.24, 2.45) is 5.92 Å². The summed E-state index contributed by atoms with van der Waals surface area (Å²) in [4.78, 5) is 38.0. The number of hydrogen-bond donors (Lipinski definition) is 1. The average molecular weight is 315 g/mol. The third kappa shape index (κ3) is 3.14. The van der Waals surface area contributed by atoms with E-state index in [9.17, 15) is 19.5 Å². The molecule has 23 heavy (non-hydrogen) atoms. The Hall–Kier alpha value is -2.17. The highest BCUT2D eigenvalue weighted by atomic mass is 16.4. The molecular weight excluding hydrogens is 294 g/mol. The Morgan fingerprint density at radius 2 is 1.65 bits per heavy atom. The molecule has 1 saturated carbocycles. The molecule has 0 spiro atoms. The lowest BCUT2D eigenvalue weighted by Gasteiger charge is -2.35. The van der Waals surface area contributed by atoms with Crippen LogP contribution in [0, 0.1) is 5.92 Å². The summed E-state index contributed by atoms with van der Waals surface area (Å²) in [6, 6.07) is 6.55. The van der Waals surface area contributed by atoms with Gasteiger partial charge in [-0.1, -0.05) is 43.5 Å². The number of Topliss-reactive ketones (excluding diaryl/α,β-unsaturated/α-hetero) is 1. The molecule has 1 fully saturated rings. The van der Waals surface area contributed by atoms with Crippen molar-refractivity contribution in [2.45, 2.75) is 51.1 Å². The molecule has 1 aromatic rings. The standard InChI is InChI=1S/C18H21NO4/c20-16(12-6-2-1-3-7-12)17(21)19-11-14-9-5-4-8-13(14)10-15(19)18(22)23/h4-5,8-9,12,15H,1-3,6-7,10-11H2,(H,22,23)/t15-/m0/s1. The van der Waals surface area contributed by atoms with Crippen LogP contribution in [-0.2, 0) is 27.3 Å². The first-order valence-corrected chi connectivity index (χ1v) is 8.22. The Labute approximate surface area is 135 Å². The maximum absolute atomic E-state index is 12.6. The fraction of sp³-hybridized carbons (Fsp3) is 0.500. The zero-order valence-corrected chi connectivity index (χ0v) is 13.0. The zero-order chi connectivity index (χ0) is 16.4. The van der Waals surface area contributed by atoms with Gasteiger partial charge >= 0.3 is 5.97 Å². The largest absolute Gasteiger partial charge is 0.480 e. The van der Waals surface area contributed by atoms with E-state index in [0.29, 0.717) is 0 Å². The smallest absolute Gasteiger partial charge is 0.326 e. The lowest BCUT2D eigenvalue weighted by Crippen LogP contribution is -2.52. The van der Waals surface area contributed by atoms with Crippen LogP contribution < -0.4 is 0 Å². The van der Waals surface area contributed by atoms with E-state index in [1.165, 1.54) is 4.90 Å². The van der Waals surface area contributed by atoms with Crippen molar-refractivity contribution in [1.82, 2.24) is 4.90 Å². The number of rotatable bonds is 3. The Kier molecular flexibility index (Phi) is 4.46. The first-order valence-electron chi connectivity index (χ1n) is 8.22. The molecule has 0 saturated heterocycles. The fourth-order valence-electron chi connectivity index (χ4n) is 3.64. The molecule has 0 aromatic heterocycles. The number of amides is 1. The number of carboxylic acid groups (broad SMARTS) is 1. The van der Waals surface area contributed by atoms with E-state index in [0.717, 1.165) is 43.2 Å². The second-order valence-electron chi connectivity index (χ2n) is 6.46. The van der Waals surface area contributed by atoms with Crippen molar-refractivity contribution in [3.8, 4) is 0 Å². The van der Waals surface area contributed by atoms with E-state index >= 15 is 0 Å². The van der Waals surface area contributed by atoms with E-state index < -0.39 is 23.7 Å². The first kappa shape index (κ1) is 15.7. The maximum atomic E-state index is 12.6. The molecule has 1 amide bonds. The van der Waals surface area contributed by atoms with Gasteiger partial charge in [-0.05, 0) is 24.0 Å². The van der Waals surface area contributed by atoms with Gasteiger partial charge in [0.1, 0.15) is 6.04 Å². The van der Waals surface area contributed by atoms with E-state index in [1.807, 2.05) is 24.3 Å². The third-order valence-corrected chi connectivity index (χ3v) is 4.98. The number of hydrogen-bond acceptors (Lipinski definition) is 3. The molecule has 5 heteroatoms. The van der Waals surface area contributed by atoms with Gasteiger partial charge in [0.05, 0.1) is 0 Å². The Bertz CT molecular complexity index is 634. The van der Waals surface area contributed by atoms with Gasteiger partial charge in [-0.25, -0.2) is 4.79 Å². The summed E-state index contributed by atoms with van der Waals surface area (Å²) in [6.45, 7) is 0.199. The quantitative estimate of drug-likeness (QED) is 0.868. The third-order valence-electron chi connectivity index (χ3n) is 4.98. The number of nitrogens with zero attached hydrogens (tertiary/aromatic N) is 1. The van der Waals surface area contributed by atoms with Crippen molar-refractivity contribution in [3.05, 3.63) is 35.4 Å². The number of benzene rings is 1. The highest BCUT2D eigenvalue weighted by Gasteiger charge is 2.39. The minimum absolute atomic E-state index is 0.199. The summed E-state index contributed by atoms with van der Waals surface area (Å²) in [5.74, 6) is -2.32. The molecular formula is C18H21NO4. The van der Waals surface area contributed by atoms with Crippen LogP contribution in [0.15, 0.2) is 24.3 Å². The zero-order valence-electron chi connectivity index (χ0n) is 13.0. The molecule has 122 valence electrons. The predicted molar refractivity (Wildman–Crippen MR) is 83.7 cm³/mol. The van der Waals surface area contributed by atoms with Crippen molar-refractivity contribution in [2.75, 3.05) is 0 Å². The first-order chi connectivity index (χ1) is 11.1. The molecule has 3 rings (SSSR count). The van der Waals surface area contributed by atoms with Crippen LogP contribution in [0.5, 0.6) is 0 Å². The molecule has 1 aliphatic carbocycles. The molecule has 1 aliphatic heterocycles. The Balaban J connectivity index is 1.82. The van der Waals surface area contributed by atoms with Crippen LogP contribution >= 0.6 is 0 Å². The van der Waals surface area contributed by atoms with Gasteiger partial charge < -0.3 is 10.0 Å². The van der Waals surface area contributed by atoms with Crippen LogP contribution in [0.4, 0.5) is 0 Å². The summed E-state index contributed by atoms with van der Waals surface area (Å²) in [5, 5.41) is 9.47. The van der Waals surface area contributed by atoms with Gasteiger partial charge in [0.25, 0.3) is 5.91 Å². The normalized spacial score (nSPS) is 21.6. The number of carboxylic acids is 1. The van der Waals surface area contributed by atoms with Gasteiger partial charge in [0.15, 0.2) is 0 Å². The summed E-state index contributed by atoms with van der Waals surface area (Å²) < 4.78 is 0. The van der Waals surface area contributed by atoms with Crippen LogP contribution in [0.25, 0.3) is 0 Å². The molecule has 2 aliphatic rings. The number of carbonyl (C=O) groups is 3. The average Bonchev–Trinajstić information content (AvgIpc) is 2.60. The molecule has 1 N–H and O–H groups in total. The van der Waals surface area contributed by atoms with Gasteiger partial charge in [-0.2, -0.15) is 0 Å². The van der Waals surface area contributed by atoms with E-state index in [2.05, 4.69) is 0 Å². The van der Waals surface area contributed by atoms with Gasteiger partial charge in [-0.3, -0.25) is 9.59 Å². The van der Waals surface area contributed by atoms with Gasteiger partial charge in [0, 0.05) is 18.9 Å². The van der Waals surface area contributed by atoms with E-state index in [1.54, 1.807) is 0 Å². The Morgan fingerprint density at radius 3 is 2.30 bits per heavy atom. The number of fused-ring (bicyclic) bond motifs is 1.